The van der Waals surface area contributed by atoms with Gasteiger partial charge in [0.2, 0.25) is 0 Å². The molecule has 0 aliphatic rings. The Morgan fingerprint density at radius 1 is 1.31 bits per heavy atom. The van der Waals surface area contributed by atoms with Gasteiger partial charge >= 0.3 is 0 Å². The molecule has 70 valence electrons. The summed E-state index contributed by atoms with van der Waals surface area (Å²) in [7, 11) is -4.02. The number of benzene rings is 1. The van der Waals surface area contributed by atoms with E-state index in [1.807, 2.05) is 19.1 Å². The maximum Gasteiger partial charge on any atom is 0.287 e. The smallest absolute Gasteiger partial charge is 0.282 e. The van der Waals surface area contributed by atoms with Crippen molar-refractivity contribution in [2.75, 3.05) is 0 Å². The molecule has 3 nitrogen and oxygen atoms in total. The molecule has 0 spiro atoms. The van der Waals surface area contributed by atoms with Crippen molar-refractivity contribution >= 4 is 16.2 Å². The van der Waals surface area contributed by atoms with Gasteiger partial charge < -0.3 is 0 Å². The van der Waals surface area contributed by atoms with Crippen LogP contribution < -0.4 is 0 Å². The van der Waals surface area contributed by atoms with Crippen molar-refractivity contribution in [3.05, 3.63) is 40.8 Å². The Hall–Kier alpha value is -1.13. The van der Waals surface area contributed by atoms with Crippen LogP contribution in [0, 0.1) is 6.92 Å². The molecule has 0 fully saturated rings. The Balaban J connectivity index is 3.00. The van der Waals surface area contributed by atoms with Gasteiger partial charge in [-0.15, -0.1) is 0 Å². The molecule has 1 aromatic rings. The molecule has 0 radical (unpaired) electrons. The van der Waals surface area contributed by atoms with Crippen LogP contribution in [-0.4, -0.2) is 13.0 Å². The molecule has 13 heavy (non-hydrogen) atoms. The molecule has 0 saturated carbocycles. The highest BCUT2D eigenvalue weighted by molar-refractivity contribution is 7.88. The Bertz CT molecular complexity index is 418. The van der Waals surface area contributed by atoms with Crippen molar-refractivity contribution in [3.8, 4) is 0 Å². The molecule has 0 aromatic heterocycles. The lowest BCUT2D eigenvalue weighted by molar-refractivity contribution is 0.494. The van der Waals surface area contributed by atoms with E-state index in [-0.39, 0.29) is 0 Å². The topological polar surface area (TPSA) is 54.4 Å². The number of hydrogen-bond donors (Lipinski definition) is 1. The normalized spacial score (nSPS) is 12.2. The van der Waals surface area contributed by atoms with Gasteiger partial charge in [0, 0.05) is 0 Å². The van der Waals surface area contributed by atoms with Crippen molar-refractivity contribution in [3.63, 3.8) is 0 Å². The van der Waals surface area contributed by atoms with Gasteiger partial charge in [0.15, 0.2) is 0 Å². The largest absolute Gasteiger partial charge is 0.287 e. The van der Waals surface area contributed by atoms with Gasteiger partial charge in [-0.3, -0.25) is 4.55 Å². The van der Waals surface area contributed by atoms with E-state index < -0.39 is 10.1 Å². The third kappa shape index (κ3) is 3.40. The van der Waals surface area contributed by atoms with E-state index in [0.717, 1.165) is 16.5 Å². The van der Waals surface area contributed by atoms with Crippen LogP contribution in [0.2, 0.25) is 0 Å². The lowest BCUT2D eigenvalue weighted by Crippen LogP contribution is -1.89. The van der Waals surface area contributed by atoms with Crippen molar-refractivity contribution in [2.24, 2.45) is 0 Å². The van der Waals surface area contributed by atoms with Crippen LogP contribution >= 0.6 is 0 Å². The van der Waals surface area contributed by atoms with Crippen molar-refractivity contribution in [1.82, 2.24) is 0 Å². The third-order valence-electron chi connectivity index (χ3n) is 1.61. The quantitative estimate of drug-likeness (QED) is 0.738. The van der Waals surface area contributed by atoms with Gasteiger partial charge in [-0.2, -0.15) is 8.42 Å². The van der Waals surface area contributed by atoms with Crippen LogP contribution in [0.25, 0.3) is 6.08 Å². The Labute approximate surface area is 77.5 Å². The fourth-order valence-electron chi connectivity index (χ4n) is 0.933. The first kappa shape index (κ1) is 9.95. The first-order valence-electron chi connectivity index (χ1n) is 3.70. The molecule has 1 aromatic carbocycles. The predicted molar refractivity (Wildman–Crippen MR) is 51.8 cm³/mol. The van der Waals surface area contributed by atoms with Crippen LogP contribution in [0.1, 0.15) is 11.1 Å². The fourth-order valence-corrected chi connectivity index (χ4v) is 1.25. The molecule has 0 saturated heterocycles. The second kappa shape index (κ2) is 3.72. The van der Waals surface area contributed by atoms with E-state index in [0.29, 0.717) is 0 Å². The second-order valence-electron chi connectivity index (χ2n) is 2.67. The zero-order valence-electron chi connectivity index (χ0n) is 7.14. The van der Waals surface area contributed by atoms with Gasteiger partial charge in [0.25, 0.3) is 10.1 Å². The minimum atomic E-state index is -4.02. The van der Waals surface area contributed by atoms with Gasteiger partial charge in [-0.1, -0.05) is 24.3 Å². The molecular weight excluding hydrogens is 188 g/mol. The minimum Gasteiger partial charge on any atom is -0.282 e. The van der Waals surface area contributed by atoms with E-state index in [9.17, 15) is 8.42 Å². The average molecular weight is 198 g/mol. The summed E-state index contributed by atoms with van der Waals surface area (Å²) in [5.74, 6) is 0. The number of hydrogen-bond acceptors (Lipinski definition) is 2. The molecule has 1 rings (SSSR count). The van der Waals surface area contributed by atoms with Crippen molar-refractivity contribution < 1.29 is 13.0 Å². The lowest BCUT2D eigenvalue weighted by Gasteiger charge is -1.96. The maximum absolute atomic E-state index is 10.4. The molecule has 1 N–H and O–H groups in total. The highest BCUT2D eigenvalue weighted by Crippen LogP contribution is 2.09. The predicted octanol–water partition coefficient (Wildman–Crippen LogP) is 1.85. The Morgan fingerprint density at radius 3 is 2.46 bits per heavy atom. The molecule has 0 bridgehead atoms. The Morgan fingerprint density at radius 2 is 1.92 bits per heavy atom. The SMILES string of the molecule is Cc1ccccc1C=CS(=O)(=O)O. The summed E-state index contributed by atoms with van der Waals surface area (Å²) >= 11 is 0. The first-order chi connectivity index (χ1) is 5.99. The van der Waals surface area contributed by atoms with E-state index in [2.05, 4.69) is 0 Å². The van der Waals surface area contributed by atoms with Crippen molar-refractivity contribution in [1.29, 1.82) is 0 Å². The van der Waals surface area contributed by atoms with Gasteiger partial charge in [0.05, 0.1) is 5.41 Å². The summed E-state index contributed by atoms with van der Waals surface area (Å²) in [5, 5.41) is 0.773. The molecule has 0 heterocycles. The van der Waals surface area contributed by atoms with Gasteiger partial charge in [-0.25, -0.2) is 0 Å². The standard InChI is InChI=1S/C9H10O3S/c1-8-4-2-3-5-9(8)6-7-13(10,11)12/h2-7H,1H3,(H,10,11,12). The van der Waals surface area contributed by atoms with E-state index in [1.54, 1.807) is 12.1 Å². The van der Waals surface area contributed by atoms with Crippen LogP contribution in [0.3, 0.4) is 0 Å². The second-order valence-corrected chi connectivity index (χ2v) is 3.98. The number of aryl methyl sites for hydroxylation is 1. The molecule has 0 aliphatic heterocycles. The zero-order valence-corrected chi connectivity index (χ0v) is 7.95. The average Bonchev–Trinajstić information content (AvgIpc) is 2.01. The van der Waals surface area contributed by atoms with Crippen LogP contribution in [0.5, 0.6) is 0 Å². The summed E-state index contributed by atoms with van der Waals surface area (Å²) in [6.07, 6.45) is 1.37. The molecule has 4 heteroatoms. The van der Waals surface area contributed by atoms with E-state index in [1.165, 1.54) is 6.08 Å². The van der Waals surface area contributed by atoms with E-state index >= 15 is 0 Å². The molecule has 0 aliphatic carbocycles. The molecule has 0 amide bonds. The van der Waals surface area contributed by atoms with E-state index in [4.69, 9.17) is 4.55 Å². The summed E-state index contributed by atoms with van der Waals surface area (Å²) in [5.41, 5.74) is 1.74. The molecule has 0 unspecified atom stereocenters. The van der Waals surface area contributed by atoms with Crippen LogP contribution in [0.15, 0.2) is 29.7 Å². The van der Waals surface area contributed by atoms with Gasteiger partial charge in [0.1, 0.15) is 0 Å². The highest BCUT2D eigenvalue weighted by atomic mass is 32.2. The van der Waals surface area contributed by atoms with Crippen LogP contribution in [-0.2, 0) is 10.1 Å². The van der Waals surface area contributed by atoms with Crippen molar-refractivity contribution in [2.45, 2.75) is 6.92 Å². The maximum atomic E-state index is 10.4. The summed E-state index contributed by atoms with van der Waals surface area (Å²) < 4.78 is 29.2. The van der Waals surface area contributed by atoms with Gasteiger partial charge in [-0.05, 0) is 24.1 Å². The molecular formula is C9H10O3S. The summed E-state index contributed by atoms with van der Waals surface area (Å²) in [4.78, 5) is 0. The summed E-state index contributed by atoms with van der Waals surface area (Å²) in [6.45, 7) is 1.86. The first-order valence-corrected chi connectivity index (χ1v) is 5.20. The lowest BCUT2D eigenvalue weighted by atomic mass is 10.1. The molecule has 0 atom stereocenters. The zero-order chi connectivity index (χ0) is 9.90. The summed E-state index contributed by atoms with van der Waals surface area (Å²) in [6, 6.07) is 7.30. The number of rotatable bonds is 2. The van der Waals surface area contributed by atoms with Crippen LogP contribution in [0.4, 0.5) is 0 Å². The Kier molecular flexibility index (Phi) is 2.85. The highest BCUT2D eigenvalue weighted by Gasteiger charge is 1.96. The third-order valence-corrected chi connectivity index (χ3v) is 2.09. The fraction of sp³-hybridized carbons (Fsp3) is 0.111. The minimum absolute atomic E-state index is 0.773. The monoisotopic (exact) mass is 198 g/mol.